The van der Waals surface area contributed by atoms with Crippen LogP contribution in [0.4, 0.5) is 5.69 Å². The van der Waals surface area contributed by atoms with Crippen molar-refractivity contribution in [2.75, 3.05) is 31.6 Å². The molecule has 2 amide bonds. The highest BCUT2D eigenvalue weighted by Gasteiger charge is 2.26. The van der Waals surface area contributed by atoms with Gasteiger partial charge in [-0.1, -0.05) is 42.5 Å². The summed E-state index contributed by atoms with van der Waals surface area (Å²) in [7, 11) is 0. The maximum absolute atomic E-state index is 12.5. The van der Waals surface area contributed by atoms with E-state index in [2.05, 4.69) is 27.7 Å². The van der Waals surface area contributed by atoms with Crippen LogP contribution in [0.25, 0.3) is 0 Å². The molecule has 1 atom stereocenters. The lowest BCUT2D eigenvalue weighted by molar-refractivity contribution is -0.138. The summed E-state index contributed by atoms with van der Waals surface area (Å²) in [6.07, 6.45) is 0.298. The van der Waals surface area contributed by atoms with Crippen LogP contribution in [0, 0.1) is 0 Å². The minimum atomic E-state index is -0.431. The third-order valence-corrected chi connectivity index (χ3v) is 4.68. The molecule has 1 saturated heterocycles. The Labute approximate surface area is 165 Å². The average Bonchev–Trinajstić information content (AvgIpc) is 2.70. The minimum absolute atomic E-state index is 0.0624. The van der Waals surface area contributed by atoms with Crippen molar-refractivity contribution in [3.05, 3.63) is 65.7 Å². The fourth-order valence-corrected chi connectivity index (χ4v) is 3.25. The van der Waals surface area contributed by atoms with Gasteiger partial charge >= 0.3 is 0 Å². The van der Waals surface area contributed by atoms with E-state index in [1.54, 1.807) is 0 Å². The number of nitrogens with zero attached hydrogens (tertiary/aromatic N) is 1. The Kier molecular flexibility index (Phi) is 7.17. The van der Waals surface area contributed by atoms with Crippen molar-refractivity contribution < 1.29 is 14.3 Å². The topological polar surface area (TPSA) is 70.7 Å². The van der Waals surface area contributed by atoms with Gasteiger partial charge in [0, 0.05) is 38.8 Å². The van der Waals surface area contributed by atoms with Crippen LogP contribution in [0.15, 0.2) is 54.6 Å². The number of carbonyl (C=O) groups excluding carboxylic acids is 2. The zero-order valence-corrected chi connectivity index (χ0v) is 16.2. The Bertz CT molecular complexity index is 777. The van der Waals surface area contributed by atoms with Gasteiger partial charge in [0.05, 0.1) is 6.61 Å². The number of nitrogens with one attached hydrogen (secondary N) is 2. The molecule has 2 N–H and O–H groups in total. The van der Waals surface area contributed by atoms with Crippen LogP contribution in [-0.4, -0.2) is 49.1 Å². The average molecular weight is 381 g/mol. The second kappa shape index (κ2) is 10.0. The molecule has 0 bridgehead atoms. The molecule has 6 heteroatoms. The maximum Gasteiger partial charge on any atom is 0.250 e. The van der Waals surface area contributed by atoms with Gasteiger partial charge in [0.15, 0.2) is 0 Å². The van der Waals surface area contributed by atoms with E-state index in [0.29, 0.717) is 19.7 Å². The van der Waals surface area contributed by atoms with Crippen LogP contribution in [0.1, 0.15) is 18.1 Å². The summed E-state index contributed by atoms with van der Waals surface area (Å²) in [5.41, 5.74) is 3.12. The van der Waals surface area contributed by atoms with Crippen molar-refractivity contribution in [2.45, 2.75) is 26.0 Å². The lowest BCUT2D eigenvalue weighted by atomic mass is 10.1. The first kappa shape index (κ1) is 20.0. The first-order chi connectivity index (χ1) is 13.6. The summed E-state index contributed by atoms with van der Waals surface area (Å²) in [5, 5.41) is 5.71. The van der Waals surface area contributed by atoms with Crippen molar-refractivity contribution in [2.24, 2.45) is 0 Å². The van der Waals surface area contributed by atoms with Gasteiger partial charge in [0.2, 0.25) is 11.8 Å². The van der Waals surface area contributed by atoms with Crippen LogP contribution >= 0.6 is 0 Å². The van der Waals surface area contributed by atoms with E-state index in [4.69, 9.17) is 4.74 Å². The molecule has 148 valence electrons. The van der Waals surface area contributed by atoms with Crippen LogP contribution in [-0.2, 0) is 27.3 Å². The third kappa shape index (κ3) is 6.18. The quantitative estimate of drug-likeness (QED) is 0.771. The molecule has 0 radical (unpaired) electrons. The van der Waals surface area contributed by atoms with E-state index in [1.165, 1.54) is 12.5 Å². The summed E-state index contributed by atoms with van der Waals surface area (Å²) in [5.74, 6) is -0.151. The first-order valence-corrected chi connectivity index (χ1v) is 9.62. The van der Waals surface area contributed by atoms with Crippen molar-refractivity contribution in [1.29, 1.82) is 0 Å². The second-order valence-corrected chi connectivity index (χ2v) is 7.00. The Hall–Kier alpha value is -2.70. The smallest absolute Gasteiger partial charge is 0.250 e. The number of carbonyl (C=O) groups is 2. The van der Waals surface area contributed by atoms with Crippen LogP contribution < -0.4 is 10.6 Å². The number of hydrogen-bond acceptors (Lipinski definition) is 4. The van der Waals surface area contributed by atoms with E-state index in [0.717, 1.165) is 30.8 Å². The SMILES string of the molecule is CC(=O)Nc1ccc(CCNC(=O)C2CN(Cc3ccccc3)CCO2)cc1. The molecule has 1 fully saturated rings. The number of ether oxygens (including phenoxy) is 1. The lowest BCUT2D eigenvalue weighted by Crippen LogP contribution is -2.49. The van der Waals surface area contributed by atoms with Gasteiger partial charge in [-0.15, -0.1) is 0 Å². The highest BCUT2D eigenvalue weighted by molar-refractivity contribution is 5.88. The molecule has 1 aliphatic rings. The monoisotopic (exact) mass is 381 g/mol. The molecule has 1 unspecified atom stereocenters. The van der Waals surface area contributed by atoms with Crippen molar-refractivity contribution in [3.63, 3.8) is 0 Å². The largest absolute Gasteiger partial charge is 0.366 e. The predicted octanol–water partition coefficient (Wildman–Crippen LogP) is 2.20. The molecule has 6 nitrogen and oxygen atoms in total. The Morgan fingerprint density at radius 3 is 2.54 bits per heavy atom. The molecule has 2 aromatic carbocycles. The Morgan fingerprint density at radius 1 is 1.07 bits per heavy atom. The number of rotatable bonds is 7. The highest BCUT2D eigenvalue weighted by atomic mass is 16.5. The molecule has 3 rings (SSSR count). The molecule has 0 aromatic heterocycles. The first-order valence-electron chi connectivity index (χ1n) is 9.62. The zero-order valence-electron chi connectivity index (χ0n) is 16.2. The van der Waals surface area contributed by atoms with Gasteiger partial charge in [0.1, 0.15) is 6.10 Å². The fourth-order valence-electron chi connectivity index (χ4n) is 3.25. The number of anilines is 1. The molecular weight excluding hydrogens is 354 g/mol. The van der Waals surface area contributed by atoms with Gasteiger partial charge in [-0.05, 0) is 29.7 Å². The van der Waals surface area contributed by atoms with Crippen molar-refractivity contribution in [1.82, 2.24) is 10.2 Å². The van der Waals surface area contributed by atoms with E-state index in [1.807, 2.05) is 42.5 Å². The van der Waals surface area contributed by atoms with Crippen molar-refractivity contribution >= 4 is 17.5 Å². The van der Waals surface area contributed by atoms with E-state index in [9.17, 15) is 9.59 Å². The molecule has 1 aliphatic heterocycles. The number of benzene rings is 2. The van der Waals surface area contributed by atoms with E-state index >= 15 is 0 Å². The highest BCUT2D eigenvalue weighted by Crippen LogP contribution is 2.12. The standard InChI is InChI=1S/C22H27N3O3/c1-17(26)24-20-9-7-18(8-10-20)11-12-23-22(27)21-16-25(13-14-28-21)15-19-5-3-2-4-6-19/h2-10,21H,11-16H2,1H3,(H,23,27)(H,24,26). The lowest BCUT2D eigenvalue weighted by Gasteiger charge is -2.32. The summed E-state index contributed by atoms with van der Waals surface area (Å²) in [6, 6.07) is 17.9. The molecule has 28 heavy (non-hydrogen) atoms. The van der Waals surface area contributed by atoms with E-state index < -0.39 is 6.10 Å². The number of hydrogen-bond donors (Lipinski definition) is 2. The molecule has 2 aromatic rings. The predicted molar refractivity (Wildman–Crippen MR) is 109 cm³/mol. The summed E-state index contributed by atoms with van der Waals surface area (Å²) in [4.78, 5) is 25.8. The maximum atomic E-state index is 12.5. The van der Waals surface area contributed by atoms with Gasteiger partial charge in [-0.25, -0.2) is 0 Å². The molecule has 0 spiro atoms. The molecule has 0 aliphatic carbocycles. The number of morpholine rings is 1. The van der Waals surface area contributed by atoms with Crippen LogP contribution in [0.5, 0.6) is 0 Å². The van der Waals surface area contributed by atoms with Crippen molar-refractivity contribution in [3.8, 4) is 0 Å². The normalized spacial score (nSPS) is 17.1. The number of amides is 2. The van der Waals surface area contributed by atoms with E-state index in [-0.39, 0.29) is 11.8 Å². The minimum Gasteiger partial charge on any atom is -0.366 e. The van der Waals surface area contributed by atoms with Gasteiger partial charge in [-0.2, -0.15) is 0 Å². The third-order valence-electron chi connectivity index (χ3n) is 4.68. The summed E-state index contributed by atoms with van der Waals surface area (Å²) >= 11 is 0. The Morgan fingerprint density at radius 2 is 1.82 bits per heavy atom. The fraction of sp³-hybridized carbons (Fsp3) is 0.364. The summed E-state index contributed by atoms with van der Waals surface area (Å²) in [6.45, 7) is 4.87. The van der Waals surface area contributed by atoms with Gasteiger partial charge in [0.25, 0.3) is 0 Å². The van der Waals surface area contributed by atoms with Gasteiger partial charge < -0.3 is 15.4 Å². The van der Waals surface area contributed by atoms with Crippen LogP contribution in [0.2, 0.25) is 0 Å². The van der Waals surface area contributed by atoms with Gasteiger partial charge in [-0.3, -0.25) is 14.5 Å². The molecule has 0 saturated carbocycles. The Balaban J connectivity index is 1.42. The summed E-state index contributed by atoms with van der Waals surface area (Å²) < 4.78 is 5.67. The van der Waals surface area contributed by atoms with Crippen LogP contribution in [0.3, 0.4) is 0 Å². The zero-order chi connectivity index (χ0) is 19.8. The molecular formula is C22H27N3O3. The second-order valence-electron chi connectivity index (χ2n) is 7.00. The molecule has 1 heterocycles.